The first-order chi connectivity index (χ1) is 13.7. The van der Waals surface area contributed by atoms with Gasteiger partial charge in [-0.05, 0) is 25.1 Å². The third-order valence-electron chi connectivity index (χ3n) is 3.72. The number of hydrogen-bond acceptors (Lipinski definition) is 7. The third-order valence-corrected chi connectivity index (χ3v) is 4.65. The summed E-state index contributed by atoms with van der Waals surface area (Å²) in [6.45, 7) is -2.35. The van der Waals surface area contributed by atoms with Gasteiger partial charge in [-0.25, -0.2) is 13.8 Å². The summed E-state index contributed by atoms with van der Waals surface area (Å²) in [5, 5.41) is 17.0. The van der Waals surface area contributed by atoms with Crippen molar-refractivity contribution in [3.63, 3.8) is 0 Å². The molecule has 14 heteroatoms. The Kier molecular flexibility index (Phi) is 5.63. The summed E-state index contributed by atoms with van der Waals surface area (Å²) in [5.41, 5.74) is -1.65. The largest absolute Gasteiger partial charge is 0.435 e. The second-order valence-electron chi connectivity index (χ2n) is 5.61. The summed E-state index contributed by atoms with van der Waals surface area (Å²) in [4.78, 5) is 26.3. The predicted molar refractivity (Wildman–Crippen MR) is 93.5 cm³/mol. The Labute approximate surface area is 163 Å². The number of fused-ring (bicyclic) bond motifs is 1. The van der Waals surface area contributed by atoms with E-state index < -0.39 is 41.8 Å². The highest BCUT2D eigenvalue weighted by Crippen LogP contribution is 2.32. The topological polar surface area (TPSA) is 112 Å². The molecule has 0 fully saturated rings. The highest BCUT2D eigenvalue weighted by atomic mass is 32.1. The van der Waals surface area contributed by atoms with E-state index >= 15 is 0 Å². The summed E-state index contributed by atoms with van der Waals surface area (Å²) in [5.74, 6) is -0.789. The van der Waals surface area contributed by atoms with E-state index in [0.29, 0.717) is 10.2 Å². The van der Waals surface area contributed by atoms with Crippen molar-refractivity contribution in [2.24, 2.45) is 0 Å². The second kappa shape index (κ2) is 7.98. The molecule has 29 heavy (non-hydrogen) atoms. The van der Waals surface area contributed by atoms with Crippen molar-refractivity contribution in [1.29, 1.82) is 0 Å². The van der Waals surface area contributed by atoms with Gasteiger partial charge in [0.15, 0.2) is 5.13 Å². The molecule has 0 radical (unpaired) electrons. The van der Waals surface area contributed by atoms with Gasteiger partial charge >= 0.3 is 12.3 Å². The molecule has 0 saturated carbocycles. The van der Waals surface area contributed by atoms with E-state index in [1.54, 1.807) is 0 Å². The van der Waals surface area contributed by atoms with Crippen LogP contribution in [0.5, 0.6) is 5.75 Å². The fourth-order valence-electron chi connectivity index (χ4n) is 2.52. The van der Waals surface area contributed by atoms with Crippen LogP contribution < -0.4 is 10.1 Å². The monoisotopic (exact) mass is 433 g/mol. The first kappa shape index (κ1) is 20.4. The van der Waals surface area contributed by atoms with Gasteiger partial charge in [-0.3, -0.25) is 19.6 Å². The SMILES string of the molecule is Cc1c([N+](=O)[O-])c(C(F)F)nn1CC(=O)Nc1nc2ccc(OC(F)F)cc2s1. The first-order valence-electron chi connectivity index (χ1n) is 7.80. The number of amides is 1. The minimum Gasteiger partial charge on any atom is -0.435 e. The quantitative estimate of drug-likeness (QED) is 0.344. The first-order valence-corrected chi connectivity index (χ1v) is 8.62. The summed E-state index contributed by atoms with van der Waals surface area (Å²) in [7, 11) is 0. The number of rotatable bonds is 7. The number of thiazole rings is 1. The number of aromatic nitrogens is 3. The lowest BCUT2D eigenvalue weighted by Crippen LogP contribution is -2.20. The number of carbonyl (C=O) groups excluding carboxylic acids is 1. The molecule has 0 spiro atoms. The number of anilines is 1. The van der Waals surface area contributed by atoms with Gasteiger partial charge in [-0.15, -0.1) is 0 Å². The summed E-state index contributed by atoms with van der Waals surface area (Å²) in [6.07, 6.45) is -3.17. The van der Waals surface area contributed by atoms with Crippen molar-refractivity contribution >= 4 is 38.3 Å². The Balaban J connectivity index is 1.77. The lowest BCUT2D eigenvalue weighted by Gasteiger charge is -2.03. The van der Waals surface area contributed by atoms with Gasteiger partial charge < -0.3 is 10.1 Å². The number of hydrogen-bond donors (Lipinski definition) is 1. The average Bonchev–Trinajstić information content (AvgIpc) is 3.14. The van der Waals surface area contributed by atoms with Gasteiger partial charge in [0.1, 0.15) is 18.0 Å². The second-order valence-corrected chi connectivity index (χ2v) is 6.64. The Morgan fingerprint density at radius 3 is 2.69 bits per heavy atom. The van der Waals surface area contributed by atoms with E-state index in [0.717, 1.165) is 16.0 Å². The van der Waals surface area contributed by atoms with Crippen molar-refractivity contribution in [2.45, 2.75) is 26.5 Å². The number of nitro groups is 1. The lowest BCUT2D eigenvalue weighted by atomic mass is 10.3. The zero-order valence-corrected chi connectivity index (χ0v) is 15.3. The van der Waals surface area contributed by atoms with Crippen LogP contribution in [0.3, 0.4) is 0 Å². The number of ether oxygens (including phenoxy) is 1. The number of carbonyl (C=O) groups is 1. The van der Waals surface area contributed by atoms with E-state index in [-0.39, 0.29) is 16.6 Å². The molecule has 3 rings (SSSR count). The Morgan fingerprint density at radius 2 is 2.10 bits per heavy atom. The van der Waals surface area contributed by atoms with E-state index in [1.807, 2.05) is 0 Å². The summed E-state index contributed by atoms with van der Waals surface area (Å²) in [6, 6.07) is 4.04. The zero-order valence-electron chi connectivity index (χ0n) is 14.4. The number of nitrogens with one attached hydrogen (secondary N) is 1. The Hall–Kier alpha value is -3.29. The van der Waals surface area contributed by atoms with Crippen molar-refractivity contribution in [3.8, 4) is 5.75 Å². The molecule has 0 aliphatic carbocycles. The van der Waals surface area contributed by atoms with Crippen LogP contribution in [0, 0.1) is 17.0 Å². The third kappa shape index (κ3) is 4.42. The van der Waals surface area contributed by atoms with Crippen LogP contribution >= 0.6 is 11.3 Å². The molecular formula is C15H11F4N5O4S. The van der Waals surface area contributed by atoms with E-state index in [4.69, 9.17) is 0 Å². The van der Waals surface area contributed by atoms with Gasteiger partial charge in [0, 0.05) is 0 Å². The molecule has 0 aliphatic rings. The molecule has 9 nitrogen and oxygen atoms in total. The molecule has 1 amide bonds. The van der Waals surface area contributed by atoms with Gasteiger partial charge in [0.2, 0.25) is 11.6 Å². The van der Waals surface area contributed by atoms with Crippen molar-refractivity contribution in [3.05, 3.63) is 39.7 Å². The molecule has 154 valence electrons. The maximum Gasteiger partial charge on any atom is 0.387 e. The normalized spacial score (nSPS) is 11.4. The molecule has 0 atom stereocenters. The minimum atomic E-state index is -3.17. The molecule has 0 bridgehead atoms. The average molecular weight is 433 g/mol. The van der Waals surface area contributed by atoms with Crippen LogP contribution in [0.4, 0.5) is 28.4 Å². The summed E-state index contributed by atoms with van der Waals surface area (Å²) < 4.78 is 56.0. The van der Waals surface area contributed by atoms with Crippen molar-refractivity contribution in [1.82, 2.24) is 14.8 Å². The van der Waals surface area contributed by atoms with Gasteiger partial charge in [0.25, 0.3) is 6.43 Å². The maximum absolute atomic E-state index is 12.9. The molecular weight excluding hydrogens is 422 g/mol. The van der Waals surface area contributed by atoms with E-state index in [2.05, 4.69) is 20.1 Å². The number of halogens is 4. The highest BCUT2D eigenvalue weighted by molar-refractivity contribution is 7.22. The number of alkyl halides is 4. The molecule has 3 aromatic rings. The van der Waals surface area contributed by atoms with Crippen LogP contribution in [-0.2, 0) is 11.3 Å². The van der Waals surface area contributed by atoms with E-state index in [1.165, 1.54) is 25.1 Å². The van der Waals surface area contributed by atoms with Crippen molar-refractivity contribution in [2.75, 3.05) is 5.32 Å². The van der Waals surface area contributed by atoms with Gasteiger partial charge in [-0.1, -0.05) is 11.3 Å². The molecule has 2 aromatic heterocycles. The fourth-order valence-corrected chi connectivity index (χ4v) is 3.43. The van der Waals surface area contributed by atoms with Crippen LogP contribution in [0.25, 0.3) is 10.2 Å². The van der Waals surface area contributed by atoms with E-state index in [9.17, 15) is 32.5 Å². The van der Waals surface area contributed by atoms with Crippen LogP contribution in [-0.4, -0.2) is 32.2 Å². The Morgan fingerprint density at radius 1 is 1.38 bits per heavy atom. The molecule has 0 aliphatic heterocycles. The summed E-state index contributed by atoms with van der Waals surface area (Å²) >= 11 is 0.974. The number of nitrogens with zero attached hydrogens (tertiary/aromatic N) is 4. The van der Waals surface area contributed by atoms with Crippen LogP contribution in [0.2, 0.25) is 0 Å². The fraction of sp³-hybridized carbons (Fsp3) is 0.267. The zero-order chi connectivity index (χ0) is 21.3. The van der Waals surface area contributed by atoms with Gasteiger partial charge in [-0.2, -0.15) is 13.9 Å². The van der Waals surface area contributed by atoms with Crippen LogP contribution in [0.1, 0.15) is 17.8 Å². The molecule has 2 heterocycles. The molecule has 1 N–H and O–H groups in total. The maximum atomic E-state index is 12.9. The van der Waals surface area contributed by atoms with Crippen LogP contribution in [0.15, 0.2) is 18.2 Å². The smallest absolute Gasteiger partial charge is 0.387 e. The number of benzene rings is 1. The van der Waals surface area contributed by atoms with Crippen molar-refractivity contribution < 1.29 is 32.0 Å². The Bertz CT molecular complexity index is 1080. The van der Waals surface area contributed by atoms with Gasteiger partial charge in [0.05, 0.1) is 15.1 Å². The highest BCUT2D eigenvalue weighted by Gasteiger charge is 2.31. The minimum absolute atomic E-state index is 0.0759. The molecule has 0 unspecified atom stereocenters. The standard InChI is InChI=1S/C15H11F4N5O4S/c1-6-12(24(26)27)11(13(16)17)22-23(6)5-10(25)21-15-20-8-3-2-7(28-14(18)19)4-9(8)29-15/h2-4,13-14H,5H2,1H3,(H,20,21,25). The lowest BCUT2D eigenvalue weighted by molar-refractivity contribution is -0.386. The predicted octanol–water partition coefficient (Wildman–Crippen LogP) is 3.89. The molecule has 1 aromatic carbocycles. The molecule has 0 saturated heterocycles.